The second-order valence-electron chi connectivity index (χ2n) is 5.71. The summed E-state index contributed by atoms with van der Waals surface area (Å²) in [5.74, 6) is 0.629. The van der Waals surface area contributed by atoms with Crippen LogP contribution in [0.3, 0.4) is 0 Å². The highest BCUT2D eigenvalue weighted by Crippen LogP contribution is 2.22. The third-order valence-corrected chi connectivity index (χ3v) is 3.95. The number of hydrogen-bond donors (Lipinski definition) is 2. The number of fused-ring (bicyclic) bond motifs is 1. The zero-order chi connectivity index (χ0) is 18.4. The number of aliphatic hydroxyl groups excluding tert-OH is 1. The first-order valence-electron chi connectivity index (χ1n) is 8.39. The van der Waals surface area contributed by atoms with Gasteiger partial charge in [-0.05, 0) is 24.3 Å². The minimum Gasteiger partial charge on any atom is -0.487 e. The first-order chi connectivity index (χ1) is 12.7. The van der Waals surface area contributed by atoms with Crippen LogP contribution in [0.4, 0.5) is 10.5 Å². The number of amides is 2. The molecule has 0 unspecified atom stereocenters. The van der Waals surface area contributed by atoms with Crippen molar-refractivity contribution in [3.8, 4) is 5.75 Å². The van der Waals surface area contributed by atoms with Gasteiger partial charge in [0, 0.05) is 24.2 Å². The Morgan fingerprint density at radius 1 is 1.15 bits per heavy atom. The van der Waals surface area contributed by atoms with Gasteiger partial charge in [-0.3, -0.25) is 4.90 Å². The maximum atomic E-state index is 12.0. The summed E-state index contributed by atoms with van der Waals surface area (Å²) in [7, 11) is 1.55. The summed E-state index contributed by atoms with van der Waals surface area (Å²) in [4.78, 5) is 18.0. The van der Waals surface area contributed by atoms with Crippen LogP contribution in [0.1, 0.15) is 5.69 Å². The summed E-state index contributed by atoms with van der Waals surface area (Å²) in [6, 6.07) is 18.8. The van der Waals surface area contributed by atoms with Crippen molar-refractivity contribution in [2.24, 2.45) is 0 Å². The molecule has 3 aromatic rings. The maximum absolute atomic E-state index is 12.0. The smallest absolute Gasteiger partial charge is 0.321 e. The van der Waals surface area contributed by atoms with Crippen molar-refractivity contribution < 1.29 is 14.6 Å². The molecule has 1 aromatic heterocycles. The molecule has 0 atom stereocenters. The first-order valence-corrected chi connectivity index (χ1v) is 8.39. The van der Waals surface area contributed by atoms with Crippen molar-refractivity contribution in [3.63, 3.8) is 0 Å². The van der Waals surface area contributed by atoms with Crippen LogP contribution in [-0.4, -0.2) is 36.3 Å². The molecule has 0 saturated heterocycles. The number of hydrogen-bond acceptors (Lipinski definition) is 4. The van der Waals surface area contributed by atoms with E-state index in [1.165, 1.54) is 4.90 Å². The fourth-order valence-corrected chi connectivity index (χ4v) is 2.67. The molecule has 2 N–H and O–H groups in total. The minimum absolute atomic E-state index is 0.125. The summed E-state index contributed by atoms with van der Waals surface area (Å²) in [5.41, 5.74) is 2.41. The topological polar surface area (TPSA) is 74.7 Å². The molecule has 2 aromatic carbocycles. The molecular weight excluding hydrogens is 330 g/mol. The Balaban J connectivity index is 1.74. The van der Waals surface area contributed by atoms with Crippen LogP contribution in [0.2, 0.25) is 0 Å². The van der Waals surface area contributed by atoms with Crippen molar-refractivity contribution in [1.29, 1.82) is 0 Å². The van der Waals surface area contributed by atoms with Gasteiger partial charge >= 0.3 is 6.03 Å². The largest absolute Gasteiger partial charge is 0.487 e. The van der Waals surface area contributed by atoms with Gasteiger partial charge in [0.15, 0.2) is 0 Å². The summed E-state index contributed by atoms with van der Waals surface area (Å²) in [5, 5.41) is 12.8. The predicted molar refractivity (Wildman–Crippen MR) is 101 cm³/mol. The fraction of sp³-hybridized carbons (Fsp3) is 0.200. The molecule has 0 saturated carbocycles. The van der Waals surface area contributed by atoms with Gasteiger partial charge in [-0.15, -0.1) is 0 Å². The average molecular weight is 351 g/mol. The molecule has 0 aliphatic heterocycles. The van der Waals surface area contributed by atoms with E-state index >= 15 is 0 Å². The second kappa shape index (κ2) is 8.31. The Bertz CT molecular complexity index is 898. The molecule has 26 heavy (non-hydrogen) atoms. The van der Waals surface area contributed by atoms with Crippen molar-refractivity contribution in [2.45, 2.75) is 6.61 Å². The Kier molecular flexibility index (Phi) is 5.66. The van der Waals surface area contributed by atoms with Crippen LogP contribution in [-0.2, 0) is 6.61 Å². The van der Waals surface area contributed by atoms with E-state index in [0.717, 1.165) is 16.6 Å². The van der Waals surface area contributed by atoms with Crippen molar-refractivity contribution in [2.75, 3.05) is 25.1 Å². The molecule has 134 valence electrons. The van der Waals surface area contributed by atoms with E-state index in [2.05, 4.69) is 10.3 Å². The molecule has 1 heterocycles. The number of carbonyl (C=O) groups is 1. The Morgan fingerprint density at radius 3 is 2.81 bits per heavy atom. The SMILES string of the molecule is CNC(=O)N(CCO)c1cccc(OCc2ccc3ccccc3n2)c1. The molecule has 6 nitrogen and oxygen atoms in total. The Morgan fingerprint density at radius 2 is 2.00 bits per heavy atom. The van der Waals surface area contributed by atoms with Gasteiger partial charge in [-0.2, -0.15) is 0 Å². The van der Waals surface area contributed by atoms with Crippen LogP contribution in [0.15, 0.2) is 60.7 Å². The number of urea groups is 1. The molecule has 0 spiro atoms. The molecule has 2 amide bonds. The summed E-state index contributed by atoms with van der Waals surface area (Å²) in [6.45, 7) is 0.406. The van der Waals surface area contributed by atoms with E-state index in [-0.39, 0.29) is 19.2 Å². The Hall–Kier alpha value is -3.12. The number of aliphatic hydroxyl groups is 1. The van der Waals surface area contributed by atoms with Gasteiger partial charge < -0.3 is 15.2 Å². The number of pyridine rings is 1. The van der Waals surface area contributed by atoms with Gasteiger partial charge in [-0.1, -0.05) is 30.3 Å². The average Bonchev–Trinajstić information content (AvgIpc) is 2.70. The number of nitrogens with zero attached hydrogens (tertiary/aromatic N) is 2. The normalized spacial score (nSPS) is 10.5. The summed E-state index contributed by atoms with van der Waals surface area (Å²) in [6.07, 6.45) is 0. The van der Waals surface area contributed by atoms with Crippen molar-refractivity contribution in [3.05, 3.63) is 66.4 Å². The van der Waals surface area contributed by atoms with Gasteiger partial charge in [0.25, 0.3) is 0 Å². The van der Waals surface area contributed by atoms with Crippen LogP contribution >= 0.6 is 0 Å². The van der Waals surface area contributed by atoms with E-state index in [0.29, 0.717) is 18.0 Å². The van der Waals surface area contributed by atoms with Gasteiger partial charge in [0.05, 0.1) is 24.4 Å². The lowest BCUT2D eigenvalue weighted by Crippen LogP contribution is -2.39. The highest BCUT2D eigenvalue weighted by Gasteiger charge is 2.14. The standard InChI is InChI=1S/C20H21N3O3/c1-21-20(25)23(11-12-24)17-6-4-7-18(13-17)26-14-16-10-9-15-5-2-3-8-19(15)22-16/h2-10,13,24H,11-12,14H2,1H3,(H,21,25). The number of carbonyl (C=O) groups excluding carboxylic acids is 1. The lowest BCUT2D eigenvalue weighted by atomic mass is 10.2. The Labute approximate surface area is 152 Å². The molecular formula is C20H21N3O3. The molecule has 0 aliphatic rings. The van der Waals surface area contributed by atoms with Crippen molar-refractivity contribution in [1.82, 2.24) is 10.3 Å². The number of benzene rings is 2. The van der Waals surface area contributed by atoms with Crippen LogP contribution in [0.5, 0.6) is 5.75 Å². The van der Waals surface area contributed by atoms with E-state index < -0.39 is 0 Å². The van der Waals surface area contributed by atoms with E-state index in [4.69, 9.17) is 4.74 Å². The zero-order valence-corrected chi connectivity index (χ0v) is 14.6. The molecule has 0 bridgehead atoms. The molecule has 0 fully saturated rings. The summed E-state index contributed by atoms with van der Waals surface area (Å²) >= 11 is 0. The van der Waals surface area contributed by atoms with E-state index in [9.17, 15) is 9.90 Å². The fourth-order valence-electron chi connectivity index (χ4n) is 2.67. The van der Waals surface area contributed by atoms with Crippen molar-refractivity contribution >= 4 is 22.6 Å². The molecule has 0 radical (unpaired) electrons. The minimum atomic E-state index is -0.285. The monoisotopic (exact) mass is 351 g/mol. The first kappa shape index (κ1) is 17.7. The summed E-state index contributed by atoms with van der Waals surface area (Å²) < 4.78 is 5.84. The third kappa shape index (κ3) is 4.10. The number of aromatic nitrogens is 1. The van der Waals surface area contributed by atoms with Gasteiger partial charge in [0.1, 0.15) is 12.4 Å². The number of ether oxygens (including phenoxy) is 1. The number of para-hydroxylation sites is 1. The zero-order valence-electron chi connectivity index (χ0n) is 14.6. The predicted octanol–water partition coefficient (Wildman–Crippen LogP) is 2.95. The van der Waals surface area contributed by atoms with Gasteiger partial charge in [-0.25, -0.2) is 9.78 Å². The quantitative estimate of drug-likeness (QED) is 0.716. The number of rotatable bonds is 6. The van der Waals surface area contributed by atoms with Crippen LogP contribution in [0.25, 0.3) is 10.9 Å². The highest BCUT2D eigenvalue weighted by molar-refractivity contribution is 5.92. The lowest BCUT2D eigenvalue weighted by molar-refractivity contribution is 0.243. The molecule has 3 rings (SSSR count). The third-order valence-electron chi connectivity index (χ3n) is 3.95. The van der Waals surface area contributed by atoms with Gasteiger partial charge in [0.2, 0.25) is 0 Å². The second-order valence-corrected chi connectivity index (χ2v) is 5.71. The van der Waals surface area contributed by atoms with E-state index in [1.807, 2.05) is 48.5 Å². The molecule has 0 aliphatic carbocycles. The van der Waals surface area contributed by atoms with Crippen LogP contribution < -0.4 is 15.0 Å². The number of nitrogens with one attached hydrogen (secondary N) is 1. The number of anilines is 1. The van der Waals surface area contributed by atoms with E-state index in [1.54, 1.807) is 19.2 Å². The lowest BCUT2D eigenvalue weighted by Gasteiger charge is -2.21. The maximum Gasteiger partial charge on any atom is 0.321 e. The van der Waals surface area contributed by atoms with Crippen LogP contribution in [0, 0.1) is 0 Å². The highest BCUT2D eigenvalue weighted by atomic mass is 16.5. The molecule has 6 heteroatoms.